The third-order valence-corrected chi connectivity index (χ3v) is 2.60. The average Bonchev–Trinajstić information content (AvgIpc) is 2.69. The molecule has 2 aromatic rings. The molecule has 1 saturated carbocycles. The van der Waals surface area contributed by atoms with Crippen LogP contribution in [0.3, 0.4) is 0 Å². The van der Waals surface area contributed by atoms with Crippen LogP contribution < -0.4 is 5.32 Å². The van der Waals surface area contributed by atoms with Crippen LogP contribution in [-0.4, -0.2) is 21.2 Å². The molecule has 0 aliphatic heterocycles. The molecule has 0 unspecified atom stereocenters. The number of fused-ring (bicyclic) bond motifs is 1. The van der Waals surface area contributed by atoms with Crippen LogP contribution >= 0.6 is 0 Å². The monoisotopic (exact) mass is 190 g/mol. The number of aromatic nitrogens is 3. The van der Waals surface area contributed by atoms with E-state index in [1.54, 1.807) is 6.20 Å². The molecule has 5 heteroatoms. The van der Waals surface area contributed by atoms with Gasteiger partial charge in [-0.25, -0.2) is 4.98 Å². The third-order valence-electron chi connectivity index (χ3n) is 2.60. The van der Waals surface area contributed by atoms with E-state index >= 15 is 0 Å². The van der Waals surface area contributed by atoms with E-state index in [9.17, 15) is 0 Å². The van der Waals surface area contributed by atoms with Crippen molar-refractivity contribution in [3.8, 4) is 0 Å². The molecule has 1 aliphatic rings. The largest absolute Gasteiger partial charge is 0.366 e. The quantitative estimate of drug-likeness (QED) is 0.776. The maximum Gasteiger partial charge on any atom is 0.262 e. The molecule has 5 nitrogen and oxygen atoms in total. The van der Waals surface area contributed by atoms with Crippen LogP contribution in [0.5, 0.6) is 0 Å². The molecule has 0 radical (unpaired) electrons. The number of nitrogens with zero attached hydrogens (tertiary/aromatic N) is 3. The molecule has 3 rings (SSSR count). The van der Waals surface area contributed by atoms with Gasteiger partial charge < -0.3 is 9.84 Å². The van der Waals surface area contributed by atoms with Gasteiger partial charge in [0.1, 0.15) is 17.5 Å². The zero-order chi connectivity index (χ0) is 9.54. The first kappa shape index (κ1) is 7.73. The number of hydrogen-bond acceptors (Lipinski definition) is 5. The summed E-state index contributed by atoms with van der Waals surface area (Å²) in [5, 5.41) is 7.89. The van der Waals surface area contributed by atoms with Crippen molar-refractivity contribution in [2.75, 3.05) is 5.32 Å². The highest BCUT2D eigenvalue weighted by Gasteiger charge is 2.33. The summed E-state index contributed by atoms with van der Waals surface area (Å²) in [5.41, 5.74) is 0.538. The van der Waals surface area contributed by atoms with Crippen LogP contribution in [0.1, 0.15) is 13.3 Å². The average molecular weight is 190 g/mol. The van der Waals surface area contributed by atoms with E-state index in [1.807, 2.05) is 0 Å². The number of hydrogen-bond donors (Lipinski definition) is 1. The van der Waals surface area contributed by atoms with Crippen LogP contribution in [0.15, 0.2) is 17.0 Å². The van der Waals surface area contributed by atoms with Gasteiger partial charge in [-0.3, -0.25) is 0 Å². The van der Waals surface area contributed by atoms with Gasteiger partial charge in [0.2, 0.25) is 0 Å². The van der Waals surface area contributed by atoms with Crippen LogP contribution in [-0.2, 0) is 0 Å². The molecule has 1 aliphatic carbocycles. The summed E-state index contributed by atoms with van der Waals surface area (Å²) in [7, 11) is 0. The Morgan fingerprint density at radius 3 is 3.14 bits per heavy atom. The van der Waals surface area contributed by atoms with Crippen molar-refractivity contribution in [1.82, 2.24) is 15.1 Å². The van der Waals surface area contributed by atoms with Gasteiger partial charge in [0.25, 0.3) is 5.71 Å². The molecule has 2 atom stereocenters. The Hall–Kier alpha value is -1.65. The van der Waals surface area contributed by atoms with Gasteiger partial charge in [0.15, 0.2) is 0 Å². The fraction of sp³-hybridized carbons (Fsp3) is 0.444. The van der Waals surface area contributed by atoms with Gasteiger partial charge >= 0.3 is 0 Å². The summed E-state index contributed by atoms with van der Waals surface area (Å²) in [6.45, 7) is 2.21. The maximum atomic E-state index is 4.95. The molecule has 1 fully saturated rings. The molecular weight excluding hydrogens is 180 g/mol. The SMILES string of the molecule is C[C@@H]1C[C@H]1Nc1ncnc2oncc12. The van der Waals surface area contributed by atoms with Crippen molar-refractivity contribution in [2.24, 2.45) is 5.92 Å². The van der Waals surface area contributed by atoms with Gasteiger partial charge in [0, 0.05) is 6.04 Å². The first-order valence-corrected chi connectivity index (χ1v) is 4.66. The van der Waals surface area contributed by atoms with Gasteiger partial charge in [0.05, 0.1) is 6.20 Å². The van der Waals surface area contributed by atoms with E-state index in [1.165, 1.54) is 12.7 Å². The number of nitrogens with one attached hydrogen (secondary N) is 1. The predicted octanol–water partition coefficient (Wildman–Crippen LogP) is 1.44. The number of anilines is 1. The Morgan fingerprint density at radius 2 is 2.36 bits per heavy atom. The highest BCUT2D eigenvalue weighted by atomic mass is 16.5. The molecule has 2 aromatic heterocycles. The summed E-state index contributed by atoms with van der Waals surface area (Å²) in [6, 6.07) is 0.544. The smallest absolute Gasteiger partial charge is 0.262 e. The highest BCUT2D eigenvalue weighted by molar-refractivity contribution is 5.84. The van der Waals surface area contributed by atoms with Crippen molar-refractivity contribution >= 4 is 16.9 Å². The predicted molar refractivity (Wildman–Crippen MR) is 50.8 cm³/mol. The molecule has 2 heterocycles. The van der Waals surface area contributed by atoms with Gasteiger partial charge in [-0.15, -0.1) is 0 Å². The molecule has 0 amide bonds. The molecule has 0 saturated heterocycles. The van der Waals surface area contributed by atoms with Crippen LogP contribution in [0, 0.1) is 5.92 Å². The van der Waals surface area contributed by atoms with E-state index in [-0.39, 0.29) is 0 Å². The Bertz CT molecular complexity index is 467. The van der Waals surface area contributed by atoms with Crippen molar-refractivity contribution in [3.05, 3.63) is 12.5 Å². The molecule has 14 heavy (non-hydrogen) atoms. The first-order chi connectivity index (χ1) is 6.84. The third kappa shape index (κ3) is 1.13. The molecule has 0 bridgehead atoms. The first-order valence-electron chi connectivity index (χ1n) is 4.66. The minimum absolute atomic E-state index is 0.538. The van der Waals surface area contributed by atoms with Gasteiger partial charge in [-0.1, -0.05) is 12.1 Å². The van der Waals surface area contributed by atoms with Crippen LogP contribution in [0.25, 0.3) is 11.1 Å². The molecule has 0 spiro atoms. The molecule has 0 aromatic carbocycles. The lowest BCUT2D eigenvalue weighted by molar-refractivity contribution is 0.448. The van der Waals surface area contributed by atoms with Crippen molar-refractivity contribution < 1.29 is 4.52 Å². The van der Waals surface area contributed by atoms with E-state index in [4.69, 9.17) is 4.52 Å². The van der Waals surface area contributed by atoms with Crippen molar-refractivity contribution in [2.45, 2.75) is 19.4 Å². The summed E-state index contributed by atoms with van der Waals surface area (Å²) in [4.78, 5) is 8.14. The fourth-order valence-corrected chi connectivity index (χ4v) is 1.51. The van der Waals surface area contributed by atoms with Crippen molar-refractivity contribution in [1.29, 1.82) is 0 Å². The standard InChI is InChI=1S/C9H10N4O/c1-5-2-7(5)13-8-6-3-12-14-9(6)11-4-10-8/h3-5,7H,2H2,1H3,(H,10,11,13)/t5-,7-/m1/s1. The Labute approximate surface area is 80.5 Å². The maximum absolute atomic E-state index is 4.95. The van der Waals surface area contributed by atoms with Crippen LogP contribution in [0.2, 0.25) is 0 Å². The zero-order valence-electron chi connectivity index (χ0n) is 7.77. The lowest BCUT2D eigenvalue weighted by atomic mass is 10.4. The zero-order valence-corrected chi connectivity index (χ0v) is 7.77. The van der Waals surface area contributed by atoms with Crippen molar-refractivity contribution in [3.63, 3.8) is 0 Å². The van der Waals surface area contributed by atoms with Crippen LogP contribution in [0.4, 0.5) is 5.82 Å². The van der Waals surface area contributed by atoms with Gasteiger partial charge in [-0.05, 0) is 12.3 Å². The second-order valence-electron chi connectivity index (χ2n) is 3.73. The lowest BCUT2D eigenvalue weighted by Gasteiger charge is -2.02. The Balaban J connectivity index is 1.98. The molecular formula is C9H10N4O. The minimum atomic E-state index is 0.538. The summed E-state index contributed by atoms with van der Waals surface area (Å²) < 4.78 is 4.95. The molecule has 1 N–H and O–H groups in total. The summed E-state index contributed by atoms with van der Waals surface area (Å²) in [6.07, 6.45) is 4.34. The lowest BCUT2D eigenvalue weighted by Crippen LogP contribution is -2.05. The van der Waals surface area contributed by atoms with Gasteiger partial charge in [-0.2, -0.15) is 4.98 Å². The molecule has 72 valence electrons. The Kier molecular flexibility index (Phi) is 1.47. The minimum Gasteiger partial charge on any atom is -0.366 e. The van der Waals surface area contributed by atoms with E-state index in [0.29, 0.717) is 11.8 Å². The summed E-state index contributed by atoms with van der Waals surface area (Å²) in [5.74, 6) is 1.56. The fourth-order valence-electron chi connectivity index (χ4n) is 1.51. The highest BCUT2D eigenvalue weighted by Crippen LogP contribution is 2.33. The Morgan fingerprint density at radius 1 is 1.50 bits per heavy atom. The topological polar surface area (TPSA) is 63.8 Å². The second kappa shape index (κ2) is 2.67. The van der Waals surface area contributed by atoms with E-state index in [2.05, 4.69) is 27.4 Å². The summed E-state index contributed by atoms with van der Waals surface area (Å²) >= 11 is 0. The van der Waals surface area contributed by atoms with E-state index < -0.39 is 0 Å². The normalized spacial score (nSPS) is 25.2. The van der Waals surface area contributed by atoms with E-state index in [0.717, 1.165) is 17.1 Å². The number of rotatable bonds is 2. The second-order valence-corrected chi connectivity index (χ2v) is 3.73.